The zero-order valence-corrected chi connectivity index (χ0v) is 17.1. The van der Waals surface area contributed by atoms with Gasteiger partial charge in [0.05, 0.1) is 11.8 Å². The topological polar surface area (TPSA) is 21.6 Å². The van der Waals surface area contributed by atoms with Gasteiger partial charge in [-0.3, -0.25) is 0 Å². The molecule has 0 saturated heterocycles. The van der Waals surface area contributed by atoms with Crippen molar-refractivity contribution in [3.63, 3.8) is 0 Å². The van der Waals surface area contributed by atoms with Gasteiger partial charge >= 0.3 is 0 Å². The minimum Gasteiger partial charge on any atom is -0.391 e. The van der Waals surface area contributed by atoms with E-state index in [2.05, 4.69) is 48.4 Å². The largest absolute Gasteiger partial charge is 0.391 e. The second-order valence-corrected chi connectivity index (χ2v) is 7.71. The SMILES string of the molecule is C=C(C)C(Br)CC(Br)C(C)=CC=NOCc1c(F)c(F)c(F)c(F)c1F. The third-order valence-corrected chi connectivity index (χ3v) is 5.68. The van der Waals surface area contributed by atoms with Gasteiger partial charge in [0.25, 0.3) is 0 Å². The lowest BCUT2D eigenvalue weighted by molar-refractivity contribution is 0.124. The second kappa shape index (κ2) is 10.2. The molecule has 26 heavy (non-hydrogen) atoms. The third kappa shape index (κ3) is 5.90. The van der Waals surface area contributed by atoms with Gasteiger partial charge in [0.1, 0.15) is 6.61 Å². The van der Waals surface area contributed by atoms with E-state index in [1.165, 1.54) is 6.21 Å². The number of nitrogens with zero attached hydrogens (tertiary/aromatic N) is 1. The van der Waals surface area contributed by atoms with Gasteiger partial charge in [0, 0.05) is 9.65 Å². The van der Waals surface area contributed by atoms with Crippen molar-refractivity contribution in [3.05, 3.63) is 58.5 Å². The van der Waals surface area contributed by atoms with Crippen molar-refractivity contribution in [2.75, 3.05) is 0 Å². The molecule has 2 atom stereocenters. The molecule has 0 saturated carbocycles. The molecule has 0 aliphatic rings. The Kier molecular flexibility index (Phi) is 8.95. The lowest BCUT2D eigenvalue weighted by Gasteiger charge is -2.14. The maximum absolute atomic E-state index is 13.5. The van der Waals surface area contributed by atoms with Crippen LogP contribution in [-0.2, 0) is 11.4 Å². The Bertz CT molecular complexity index is 707. The van der Waals surface area contributed by atoms with Crippen LogP contribution < -0.4 is 0 Å². The molecule has 1 aromatic rings. The van der Waals surface area contributed by atoms with Gasteiger partial charge in [-0.1, -0.05) is 54.7 Å². The van der Waals surface area contributed by atoms with Crippen molar-refractivity contribution in [3.8, 4) is 0 Å². The van der Waals surface area contributed by atoms with Crippen LogP contribution in [0.1, 0.15) is 25.8 Å². The molecule has 0 radical (unpaired) electrons. The summed E-state index contributed by atoms with van der Waals surface area (Å²) < 4.78 is 65.9. The van der Waals surface area contributed by atoms with E-state index in [1.54, 1.807) is 6.08 Å². The quantitative estimate of drug-likeness (QED) is 0.0771. The molecule has 1 rings (SSSR count). The van der Waals surface area contributed by atoms with Crippen molar-refractivity contribution in [2.45, 2.75) is 36.5 Å². The first-order chi connectivity index (χ1) is 12.1. The minimum absolute atomic E-state index is 0.0187. The highest BCUT2D eigenvalue weighted by Gasteiger charge is 2.25. The maximum atomic E-state index is 13.5. The van der Waals surface area contributed by atoms with Crippen LogP contribution in [0.4, 0.5) is 22.0 Å². The number of allylic oxidation sites excluding steroid dienone is 3. The van der Waals surface area contributed by atoms with Crippen LogP contribution in [0.3, 0.4) is 0 Å². The number of oxime groups is 1. The predicted molar refractivity (Wildman–Crippen MR) is 98.1 cm³/mol. The van der Waals surface area contributed by atoms with Crippen molar-refractivity contribution < 1.29 is 26.8 Å². The molecule has 0 aliphatic carbocycles. The zero-order chi connectivity index (χ0) is 20.0. The zero-order valence-electron chi connectivity index (χ0n) is 13.9. The lowest BCUT2D eigenvalue weighted by Crippen LogP contribution is -2.09. The van der Waals surface area contributed by atoms with Gasteiger partial charge in [-0.15, -0.1) is 0 Å². The molecular formula is C17H16Br2F5NO. The number of rotatable bonds is 8. The van der Waals surface area contributed by atoms with Crippen molar-refractivity contribution in [2.24, 2.45) is 5.16 Å². The predicted octanol–water partition coefficient (Wildman–Crippen LogP) is 6.32. The summed E-state index contributed by atoms with van der Waals surface area (Å²) in [7, 11) is 0. The average molecular weight is 505 g/mol. The summed E-state index contributed by atoms with van der Waals surface area (Å²) in [6.07, 6.45) is 3.55. The fourth-order valence-corrected chi connectivity index (χ4v) is 3.15. The van der Waals surface area contributed by atoms with E-state index in [-0.39, 0.29) is 9.65 Å². The molecule has 1 aromatic carbocycles. The number of hydrogen-bond acceptors (Lipinski definition) is 2. The molecule has 2 nitrogen and oxygen atoms in total. The molecule has 0 heterocycles. The molecule has 0 fully saturated rings. The number of hydrogen-bond donors (Lipinski definition) is 0. The van der Waals surface area contributed by atoms with Gasteiger partial charge < -0.3 is 4.84 Å². The fourth-order valence-electron chi connectivity index (χ4n) is 1.74. The first-order valence-electron chi connectivity index (χ1n) is 7.33. The molecule has 0 aliphatic heterocycles. The molecule has 0 aromatic heterocycles. The summed E-state index contributed by atoms with van der Waals surface area (Å²) in [6, 6.07) is 0. The van der Waals surface area contributed by atoms with E-state index in [1.807, 2.05) is 13.8 Å². The van der Waals surface area contributed by atoms with Crippen molar-refractivity contribution in [1.82, 2.24) is 0 Å². The third-order valence-electron chi connectivity index (χ3n) is 3.43. The van der Waals surface area contributed by atoms with Crippen LogP contribution >= 0.6 is 31.9 Å². The molecule has 0 spiro atoms. The van der Waals surface area contributed by atoms with Gasteiger partial charge in [0.2, 0.25) is 5.82 Å². The summed E-state index contributed by atoms with van der Waals surface area (Å²) in [5.41, 5.74) is 0.780. The van der Waals surface area contributed by atoms with Crippen LogP contribution in [0.5, 0.6) is 0 Å². The van der Waals surface area contributed by atoms with Gasteiger partial charge in [-0.05, 0) is 26.3 Å². The van der Waals surface area contributed by atoms with Crippen LogP contribution in [0.15, 0.2) is 29.0 Å². The van der Waals surface area contributed by atoms with E-state index in [9.17, 15) is 22.0 Å². The summed E-state index contributed by atoms with van der Waals surface area (Å²) in [6.45, 7) is 6.67. The van der Waals surface area contributed by atoms with Crippen LogP contribution in [-0.4, -0.2) is 15.9 Å². The van der Waals surface area contributed by atoms with Gasteiger partial charge in [-0.25, -0.2) is 22.0 Å². The monoisotopic (exact) mass is 503 g/mol. The molecule has 9 heteroatoms. The first-order valence-corrected chi connectivity index (χ1v) is 9.17. The number of benzene rings is 1. The summed E-state index contributed by atoms with van der Waals surface area (Å²) >= 11 is 6.99. The highest BCUT2D eigenvalue weighted by Crippen LogP contribution is 2.25. The Hall–Kier alpha value is -1.22. The Morgan fingerprint density at radius 2 is 1.50 bits per heavy atom. The smallest absolute Gasteiger partial charge is 0.200 e. The van der Waals surface area contributed by atoms with E-state index in [0.29, 0.717) is 0 Å². The number of halogens is 7. The fraction of sp³-hybridized carbons (Fsp3) is 0.353. The van der Waals surface area contributed by atoms with E-state index < -0.39 is 41.3 Å². The molecule has 0 amide bonds. The molecule has 0 N–H and O–H groups in total. The minimum atomic E-state index is -2.21. The highest BCUT2D eigenvalue weighted by molar-refractivity contribution is 9.10. The maximum Gasteiger partial charge on any atom is 0.200 e. The van der Waals surface area contributed by atoms with Gasteiger partial charge in [0.15, 0.2) is 23.3 Å². The summed E-state index contributed by atoms with van der Waals surface area (Å²) in [5, 5.41) is 3.44. The number of alkyl halides is 2. The molecule has 0 bridgehead atoms. The van der Waals surface area contributed by atoms with Gasteiger partial charge in [-0.2, -0.15) is 0 Å². The van der Waals surface area contributed by atoms with Crippen LogP contribution in [0.25, 0.3) is 0 Å². The van der Waals surface area contributed by atoms with E-state index in [4.69, 9.17) is 0 Å². The van der Waals surface area contributed by atoms with E-state index >= 15 is 0 Å². The standard InChI is InChI=1S/C17H16Br2F5NO/c1-8(2)11(18)6-12(19)9(3)4-5-25-26-7-10-13(20)15(22)17(24)16(23)14(10)21/h4-5,11-12H,1,6-7H2,2-3H3. The Morgan fingerprint density at radius 1 is 1.00 bits per heavy atom. The van der Waals surface area contributed by atoms with Crippen LogP contribution in [0.2, 0.25) is 0 Å². The van der Waals surface area contributed by atoms with Crippen LogP contribution in [0, 0.1) is 29.1 Å². The normalized spacial score (nSPS) is 14.6. The van der Waals surface area contributed by atoms with E-state index in [0.717, 1.165) is 17.6 Å². The van der Waals surface area contributed by atoms with Crippen molar-refractivity contribution in [1.29, 1.82) is 0 Å². The Morgan fingerprint density at radius 3 is 2.00 bits per heavy atom. The molecular weight excluding hydrogens is 489 g/mol. The molecule has 144 valence electrons. The Labute approximate surface area is 165 Å². The molecule has 2 unspecified atom stereocenters. The first kappa shape index (κ1) is 22.8. The summed E-state index contributed by atoms with van der Waals surface area (Å²) in [5.74, 6) is -10.1. The highest BCUT2D eigenvalue weighted by atomic mass is 79.9. The second-order valence-electron chi connectivity index (χ2n) is 5.50. The lowest BCUT2D eigenvalue weighted by atomic mass is 10.1. The summed E-state index contributed by atoms with van der Waals surface area (Å²) in [4.78, 5) is 4.77. The Balaban J connectivity index is 2.70. The average Bonchev–Trinajstić information content (AvgIpc) is 2.60. The van der Waals surface area contributed by atoms with Crippen molar-refractivity contribution >= 4 is 38.1 Å².